The number of aryl methyl sites for hydroxylation is 2. The minimum Gasteiger partial charge on any atom is -0.322 e. The van der Waals surface area contributed by atoms with Gasteiger partial charge in [0.25, 0.3) is 0 Å². The van der Waals surface area contributed by atoms with Gasteiger partial charge in [-0.05, 0) is 37.0 Å². The highest BCUT2D eigenvalue weighted by atomic mass is 16.2. The highest BCUT2D eigenvalue weighted by molar-refractivity contribution is 5.88. The molecule has 2 aromatic rings. The molecule has 0 atom stereocenters. The topological polar surface area (TPSA) is 66.3 Å². The van der Waals surface area contributed by atoms with Crippen molar-refractivity contribution in [3.05, 3.63) is 42.4 Å². The van der Waals surface area contributed by atoms with Gasteiger partial charge >= 0.3 is 6.03 Å². The van der Waals surface area contributed by atoms with Crippen molar-refractivity contribution < 1.29 is 4.79 Å². The number of carbonyl (C=O) groups is 1. The van der Waals surface area contributed by atoms with E-state index in [1.807, 2.05) is 34.0 Å². The average molecular weight is 368 g/mol. The lowest BCUT2D eigenvalue weighted by Crippen LogP contribution is -2.52. The molecule has 1 aliphatic carbocycles. The average Bonchev–Trinajstić information content (AvgIpc) is 3.40. The number of hydrogen-bond acceptors (Lipinski definition) is 4. The number of aromatic nitrogens is 3. The summed E-state index contributed by atoms with van der Waals surface area (Å²) in [5, 5.41) is 7.41. The van der Waals surface area contributed by atoms with E-state index in [4.69, 9.17) is 0 Å². The van der Waals surface area contributed by atoms with Gasteiger partial charge in [-0.3, -0.25) is 19.9 Å². The second-order valence-corrected chi connectivity index (χ2v) is 7.46. The number of nitrogens with one attached hydrogen (secondary N) is 1. The van der Waals surface area contributed by atoms with Gasteiger partial charge in [-0.25, -0.2) is 4.79 Å². The first-order chi connectivity index (χ1) is 13.3. The number of amides is 2. The molecule has 1 N–H and O–H groups in total. The third kappa shape index (κ3) is 4.66. The summed E-state index contributed by atoms with van der Waals surface area (Å²) in [6, 6.07) is 6.58. The summed E-state index contributed by atoms with van der Waals surface area (Å²) >= 11 is 0. The third-order valence-electron chi connectivity index (χ3n) is 5.70. The maximum Gasteiger partial charge on any atom is 0.323 e. The summed E-state index contributed by atoms with van der Waals surface area (Å²) in [6.45, 7) is 4.34. The number of piperazine rings is 1. The van der Waals surface area contributed by atoms with E-state index in [1.54, 1.807) is 12.4 Å². The summed E-state index contributed by atoms with van der Waals surface area (Å²) < 4.78 is 1.87. The van der Waals surface area contributed by atoms with Gasteiger partial charge in [-0.1, -0.05) is 12.8 Å². The molecule has 7 nitrogen and oxygen atoms in total. The van der Waals surface area contributed by atoms with Crippen molar-refractivity contribution in [1.29, 1.82) is 0 Å². The Bertz CT molecular complexity index is 732. The summed E-state index contributed by atoms with van der Waals surface area (Å²) in [7, 11) is 0. The molecule has 2 fully saturated rings. The molecule has 4 rings (SSSR count). The molecule has 1 saturated heterocycles. The fraction of sp³-hybridized carbons (Fsp3) is 0.550. The lowest BCUT2D eigenvalue weighted by atomic mass is 10.2. The molecule has 2 aliphatic rings. The molecular weight excluding hydrogens is 340 g/mol. The normalized spacial score (nSPS) is 18.7. The van der Waals surface area contributed by atoms with Crippen molar-refractivity contribution in [2.45, 2.75) is 44.7 Å². The fourth-order valence-electron chi connectivity index (χ4n) is 4.09. The molecule has 0 spiro atoms. The first-order valence-electron chi connectivity index (χ1n) is 10.0. The van der Waals surface area contributed by atoms with Crippen LogP contribution in [0.4, 0.5) is 10.6 Å². The maximum atomic E-state index is 12.5. The van der Waals surface area contributed by atoms with Crippen LogP contribution in [0.1, 0.15) is 31.2 Å². The number of nitrogens with zero attached hydrogens (tertiary/aromatic N) is 5. The van der Waals surface area contributed by atoms with E-state index in [-0.39, 0.29) is 6.03 Å². The summed E-state index contributed by atoms with van der Waals surface area (Å²) in [5.74, 6) is 0.618. The smallest absolute Gasteiger partial charge is 0.322 e. The Hall–Kier alpha value is -2.41. The van der Waals surface area contributed by atoms with Crippen LogP contribution in [0.15, 0.2) is 36.8 Å². The highest BCUT2D eigenvalue weighted by Crippen LogP contribution is 2.24. The van der Waals surface area contributed by atoms with Crippen molar-refractivity contribution >= 4 is 11.8 Å². The Morgan fingerprint density at radius 2 is 1.81 bits per heavy atom. The van der Waals surface area contributed by atoms with E-state index in [2.05, 4.69) is 20.3 Å². The molecule has 1 saturated carbocycles. The Labute approximate surface area is 160 Å². The number of anilines is 1. The predicted molar refractivity (Wildman–Crippen MR) is 105 cm³/mol. The predicted octanol–water partition coefficient (Wildman–Crippen LogP) is 2.61. The largest absolute Gasteiger partial charge is 0.323 e. The van der Waals surface area contributed by atoms with Gasteiger partial charge in [0.05, 0.1) is 0 Å². The molecule has 2 amide bonds. The second kappa shape index (κ2) is 8.52. The zero-order valence-corrected chi connectivity index (χ0v) is 15.8. The Kier molecular flexibility index (Phi) is 5.67. The molecule has 0 bridgehead atoms. The van der Waals surface area contributed by atoms with Crippen molar-refractivity contribution in [3.63, 3.8) is 0 Å². The number of pyridine rings is 1. The quantitative estimate of drug-likeness (QED) is 0.881. The first-order valence-corrected chi connectivity index (χ1v) is 10.0. The molecule has 0 aromatic carbocycles. The minimum atomic E-state index is -0.0412. The van der Waals surface area contributed by atoms with Crippen LogP contribution in [-0.2, 0) is 13.0 Å². The zero-order valence-electron chi connectivity index (χ0n) is 15.8. The van der Waals surface area contributed by atoms with Crippen LogP contribution in [0.2, 0.25) is 0 Å². The van der Waals surface area contributed by atoms with Crippen LogP contribution >= 0.6 is 0 Å². The van der Waals surface area contributed by atoms with Gasteiger partial charge in [0.1, 0.15) is 0 Å². The minimum absolute atomic E-state index is 0.0412. The molecule has 7 heteroatoms. The van der Waals surface area contributed by atoms with E-state index < -0.39 is 0 Å². The second-order valence-electron chi connectivity index (χ2n) is 7.46. The number of carbonyl (C=O) groups excluding carboxylic acids is 1. The highest BCUT2D eigenvalue weighted by Gasteiger charge is 2.27. The van der Waals surface area contributed by atoms with E-state index in [1.165, 1.54) is 31.2 Å². The van der Waals surface area contributed by atoms with Gasteiger partial charge in [-0.15, -0.1) is 0 Å². The van der Waals surface area contributed by atoms with Crippen LogP contribution in [0.25, 0.3) is 0 Å². The summed E-state index contributed by atoms with van der Waals surface area (Å²) in [5.41, 5.74) is 1.23. The molecule has 0 unspecified atom stereocenters. The Balaban J connectivity index is 1.23. The molecular formula is C20H28N6O. The SMILES string of the molecule is O=C(Nc1ccn(CCc2ccncc2)n1)N1CCN(C2CCCC2)CC1. The van der Waals surface area contributed by atoms with Crippen molar-refractivity contribution in [2.24, 2.45) is 0 Å². The van der Waals surface area contributed by atoms with E-state index in [0.29, 0.717) is 5.82 Å². The Morgan fingerprint density at radius 3 is 2.56 bits per heavy atom. The van der Waals surface area contributed by atoms with Gasteiger partial charge in [0.15, 0.2) is 5.82 Å². The Morgan fingerprint density at radius 1 is 1.07 bits per heavy atom. The van der Waals surface area contributed by atoms with E-state index >= 15 is 0 Å². The number of rotatable bonds is 5. The summed E-state index contributed by atoms with van der Waals surface area (Å²) in [4.78, 5) is 21.0. The van der Waals surface area contributed by atoms with Crippen LogP contribution in [-0.4, -0.2) is 62.8 Å². The first kappa shape index (κ1) is 18.0. The summed E-state index contributed by atoms with van der Waals surface area (Å²) in [6.07, 6.45) is 11.8. The third-order valence-corrected chi connectivity index (χ3v) is 5.70. The standard InChI is InChI=1S/C20H28N6O/c27-20(25-15-13-24(14-16-25)18-3-1-2-4-18)22-19-8-12-26(23-19)11-7-17-5-9-21-10-6-17/h5-6,8-10,12,18H,1-4,7,11,13-16H2,(H,22,23,27). The van der Waals surface area contributed by atoms with Crippen molar-refractivity contribution in [1.82, 2.24) is 24.6 Å². The van der Waals surface area contributed by atoms with Gasteiger partial charge in [-0.2, -0.15) is 5.10 Å². The molecule has 144 valence electrons. The molecule has 27 heavy (non-hydrogen) atoms. The lowest BCUT2D eigenvalue weighted by Gasteiger charge is -2.37. The van der Waals surface area contributed by atoms with E-state index in [0.717, 1.165) is 45.2 Å². The van der Waals surface area contributed by atoms with Crippen molar-refractivity contribution in [3.8, 4) is 0 Å². The van der Waals surface area contributed by atoms with Gasteiger partial charge < -0.3 is 4.90 Å². The molecule has 3 heterocycles. The number of urea groups is 1. The molecule has 0 radical (unpaired) electrons. The monoisotopic (exact) mass is 368 g/mol. The van der Waals surface area contributed by atoms with E-state index in [9.17, 15) is 4.79 Å². The van der Waals surface area contributed by atoms with Gasteiger partial charge in [0, 0.05) is 63.4 Å². The lowest BCUT2D eigenvalue weighted by molar-refractivity contribution is 0.115. The number of hydrogen-bond donors (Lipinski definition) is 1. The van der Waals surface area contributed by atoms with Crippen molar-refractivity contribution in [2.75, 3.05) is 31.5 Å². The van der Waals surface area contributed by atoms with Crippen LogP contribution < -0.4 is 5.32 Å². The van der Waals surface area contributed by atoms with Crippen LogP contribution in [0.5, 0.6) is 0 Å². The van der Waals surface area contributed by atoms with Crippen LogP contribution in [0.3, 0.4) is 0 Å². The molecule has 2 aromatic heterocycles. The molecule has 1 aliphatic heterocycles. The van der Waals surface area contributed by atoms with Gasteiger partial charge in [0.2, 0.25) is 0 Å². The zero-order chi connectivity index (χ0) is 18.5. The van der Waals surface area contributed by atoms with Crippen LogP contribution in [0, 0.1) is 0 Å². The maximum absolute atomic E-state index is 12.5. The fourth-order valence-corrected chi connectivity index (χ4v) is 4.09.